The Labute approximate surface area is 165 Å². The van der Waals surface area contributed by atoms with Gasteiger partial charge in [-0.15, -0.1) is 0 Å². The first kappa shape index (κ1) is 21.2. The highest BCUT2D eigenvalue weighted by atomic mass is 16.2. The molecular weight excluding hydrogens is 354 g/mol. The van der Waals surface area contributed by atoms with Gasteiger partial charge in [0.05, 0.1) is 0 Å². The van der Waals surface area contributed by atoms with E-state index in [0.29, 0.717) is 12.8 Å². The van der Waals surface area contributed by atoms with E-state index in [-0.39, 0.29) is 5.91 Å². The van der Waals surface area contributed by atoms with E-state index in [2.05, 4.69) is 10.6 Å². The van der Waals surface area contributed by atoms with E-state index in [4.69, 9.17) is 5.73 Å². The van der Waals surface area contributed by atoms with Crippen molar-refractivity contribution in [2.45, 2.75) is 45.7 Å². The Morgan fingerprint density at radius 3 is 2.00 bits per heavy atom. The van der Waals surface area contributed by atoms with Crippen molar-refractivity contribution in [2.24, 2.45) is 5.73 Å². The lowest BCUT2D eigenvalue weighted by molar-refractivity contribution is -0.130. The third-order valence-electron chi connectivity index (χ3n) is 4.69. The maximum absolute atomic E-state index is 12.8. The fourth-order valence-corrected chi connectivity index (χ4v) is 3.17. The normalized spacial score (nSPS) is 12.7. The summed E-state index contributed by atoms with van der Waals surface area (Å²) in [7, 11) is 0. The van der Waals surface area contributed by atoms with Crippen molar-refractivity contribution in [1.82, 2.24) is 10.6 Å². The van der Waals surface area contributed by atoms with Gasteiger partial charge in [0.1, 0.15) is 12.1 Å². The van der Waals surface area contributed by atoms with E-state index in [1.165, 1.54) is 6.92 Å². The van der Waals surface area contributed by atoms with E-state index in [0.717, 1.165) is 22.3 Å². The lowest BCUT2D eigenvalue weighted by Gasteiger charge is -2.23. The summed E-state index contributed by atoms with van der Waals surface area (Å²) < 4.78 is 0. The number of benzene rings is 2. The molecule has 0 aliphatic rings. The maximum atomic E-state index is 12.8. The molecule has 3 amide bonds. The summed E-state index contributed by atoms with van der Waals surface area (Å²) in [6.07, 6.45) is 0.624. The number of nitrogens with two attached hydrogens (primary N) is 1. The molecule has 0 heterocycles. The first-order chi connectivity index (χ1) is 13.3. The standard InChI is InChI=1S/C22H27N3O3/c1-14-8-7-9-15(2)18(14)13-19(21(23)27)25-22(28)20(24-16(3)26)12-17-10-5-4-6-11-17/h4-11,19-20H,12-13H2,1-3H3,(H2,23,27)(H,24,26)(H,25,28)/t19-,20-/m0/s1. The highest BCUT2D eigenvalue weighted by Gasteiger charge is 2.26. The number of aryl methyl sites for hydroxylation is 2. The minimum absolute atomic E-state index is 0.303. The van der Waals surface area contributed by atoms with Gasteiger partial charge in [0.2, 0.25) is 17.7 Å². The summed E-state index contributed by atoms with van der Waals surface area (Å²) in [5.74, 6) is -1.37. The molecule has 0 bridgehead atoms. The van der Waals surface area contributed by atoms with Crippen LogP contribution in [0.25, 0.3) is 0 Å². The Bertz CT molecular complexity index is 829. The molecule has 2 aromatic carbocycles. The van der Waals surface area contributed by atoms with Gasteiger partial charge in [-0.2, -0.15) is 0 Å². The minimum Gasteiger partial charge on any atom is -0.368 e. The van der Waals surface area contributed by atoms with Crippen LogP contribution in [0.15, 0.2) is 48.5 Å². The molecule has 6 heteroatoms. The van der Waals surface area contributed by atoms with E-state index >= 15 is 0 Å². The zero-order valence-corrected chi connectivity index (χ0v) is 16.5. The molecule has 0 unspecified atom stereocenters. The van der Waals surface area contributed by atoms with Crippen molar-refractivity contribution in [1.29, 1.82) is 0 Å². The number of nitrogens with one attached hydrogen (secondary N) is 2. The average Bonchev–Trinajstić information content (AvgIpc) is 2.63. The number of primary amides is 1. The summed E-state index contributed by atoms with van der Waals surface area (Å²) in [5, 5.41) is 5.37. The van der Waals surface area contributed by atoms with E-state index < -0.39 is 23.9 Å². The van der Waals surface area contributed by atoms with Crippen molar-refractivity contribution in [3.63, 3.8) is 0 Å². The van der Waals surface area contributed by atoms with Crippen molar-refractivity contribution >= 4 is 17.7 Å². The molecule has 0 radical (unpaired) electrons. The van der Waals surface area contributed by atoms with Crippen LogP contribution in [-0.4, -0.2) is 29.8 Å². The first-order valence-electron chi connectivity index (χ1n) is 9.23. The Hall–Kier alpha value is -3.15. The Kier molecular flexibility index (Phi) is 7.32. The second-order valence-corrected chi connectivity index (χ2v) is 6.98. The van der Waals surface area contributed by atoms with Crippen LogP contribution in [0.3, 0.4) is 0 Å². The molecule has 0 fully saturated rings. The number of hydrogen-bond acceptors (Lipinski definition) is 3. The zero-order chi connectivity index (χ0) is 20.7. The molecule has 2 atom stereocenters. The molecular formula is C22H27N3O3. The molecule has 0 saturated carbocycles. The van der Waals surface area contributed by atoms with Crippen LogP contribution < -0.4 is 16.4 Å². The summed E-state index contributed by atoms with van der Waals surface area (Å²) in [5.41, 5.74) is 9.49. The monoisotopic (exact) mass is 381 g/mol. The molecule has 2 aromatic rings. The molecule has 0 aromatic heterocycles. The molecule has 28 heavy (non-hydrogen) atoms. The number of carbonyl (C=O) groups excluding carboxylic acids is 3. The highest BCUT2D eigenvalue weighted by molar-refractivity contribution is 5.91. The molecule has 0 saturated heterocycles. The van der Waals surface area contributed by atoms with Gasteiger partial charge in [-0.3, -0.25) is 14.4 Å². The molecule has 0 aliphatic heterocycles. The summed E-state index contributed by atoms with van der Waals surface area (Å²) in [4.78, 5) is 36.4. The van der Waals surface area contributed by atoms with Crippen LogP contribution in [0, 0.1) is 13.8 Å². The zero-order valence-electron chi connectivity index (χ0n) is 16.5. The highest BCUT2D eigenvalue weighted by Crippen LogP contribution is 2.15. The quantitative estimate of drug-likeness (QED) is 0.647. The smallest absolute Gasteiger partial charge is 0.243 e. The Balaban J connectivity index is 2.17. The predicted molar refractivity (Wildman–Crippen MR) is 108 cm³/mol. The van der Waals surface area contributed by atoms with Gasteiger partial charge in [-0.05, 0) is 36.1 Å². The molecule has 2 rings (SSSR count). The van der Waals surface area contributed by atoms with Crippen molar-refractivity contribution < 1.29 is 14.4 Å². The van der Waals surface area contributed by atoms with Gasteiger partial charge in [0.15, 0.2) is 0 Å². The van der Waals surface area contributed by atoms with E-state index in [1.54, 1.807) is 0 Å². The fourth-order valence-electron chi connectivity index (χ4n) is 3.17. The van der Waals surface area contributed by atoms with Crippen LogP contribution in [0.1, 0.15) is 29.2 Å². The number of rotatable bonds is 8. The van der Waals surface area contributed by atoms with Gasteiger partial charge in [-0.25, -0.2) is 0 Å². The van der Waals surface area contributed by atoms with Gasteiger partial charge >= 0.3 is 0 Å². The van der Waals surface area contributed by atoms with Crippen molar-refractivity contribution in [2.75, 3.05) is 0 Å². The van der Waals surface area contributed by atoms with Gasteiger partial charge in [0, 0.05) is 19.8 Å². The first-order valence-corrected chi connectivity index (χ1v) is 9.23. The number of hydrogen-bond donors (Lipinski definition) is 3. The SMILES string of the molecule is CC(=O)N[C@@H](Cc1ccccc1)C(=O)N[C@@H](Cc1c(C)cccc1C)C(N)=O. The molecule has 0 spiro atoms. The predicted octanol–water partition coefficient (Wildman–Crippen LogP) is 1.56. The number of carbonyl (C=O) groups is 3. The second kappa shape index (κ2) is 9.69. The number of amides is 3. The van der Waals surface area contributed by atoms with Crippen LogP contribution >= 0.6 is 0 Å². The summed E-state index contributed by atoms with van der Waals surface area (Å²) >= 11 is 0. The summed E-state index contributed by atoms with van der Waals surface area (Å²) in [6.45, 7) is 5.27. The molecule has 6 nitrogen and oxygen atoms in total. The summed E-state index contributed by atoms with van der Waals surface area (Å²) in [6, 6.07) is 13.6. The van der Waals surface area contributed by atoms with Crippen LogP contribution in [0.4, 0.5) is 0 Å². The molecule has 0 aliphatic carbocycles. The third-order valence-corrected chi connectivity index (χ3v) is 4.69. The van der Waals surface area contributed by atoms with Crippen LogP contribution in [0.5, 0.6) is 0 Å². The average molecular weight is 381 g/mol. The molecule has 4 N–H and O–H groups in total. The molecule has 148 valence electrons. The van der Waals surface area contributed by atoms with Crippen LogP contribution in [-0.2, 0) is 27.2 Å². The topological polar surface area (TPSA) is 101 Å². The maximum Gasteiger partial charge on any atom is 0.243 e. The second-order valence-electron chi connectivity index (χ2n) is 6.98. The van der Waals surface area contributed by atoms with Gasteiger partial charge in [0.25, 0.3) is 0 Å². The van der Waals surface area contributed by atoms with E-state index in [9.17, 15) is 14.4 Å². The Morgan fingerprint density at radius 1 is 0.857 bits per heavy atom. The van der Waals surface area contributed by atoms with Gasteiger partial charge < -0.3 is 16.4 Å². The lowest BCUT2D eigenvalue weighted by atomic mass is 9.95. The third kappa shape index (κ3) is 5.94. The van der Waals surface area contributed by atoms with E-state index in [1.807, 2.05) is 62.4 Å². The van der Waals surface area contributed by atoms with Crippen molar-refractivity contribution in [3.05, 3.63) is 70.8 Å². The van der Waals surface area contributed by atoms with Gasteiger partial charge in [-0.1, -0.05) is 48.5 Å². The Morgan fingerprint density at radius 2 is 1.46 bits per heavy atom. The largest absolute Gasteiger partial charge is 0.368 e. The fraction of sp³-hybridized carbons (Fsp3) is 0.318. The minimum atomic E-state index is -0.862. The lowest BCUT2D eigenvalue weighted by Crippen LogP contribution is -2.54. The van der Waals surface area contributed by atoms with Crippen molar-refractivity contribution in [3.8, 4) is 0 Å². The van der Waals surface area contributed by atoms with Crippen LogP contribution in [0.2, 0.25) is 0 Å².